The maximum absolute atomic E-state index is 12.1. The van der Waals surface area contributed by atoms with E-state index in [1.165, 1.54) is 38.4 Å². The van der Waals surface area contributed by atoms with Gasteiger partial charge in [-0.3, -0.25) is 4.79 Å². The van der Waals surface area contributed by atoms with Crippen LogP contribution in [0.1, 0.15) is 55.1 Å². The van der Waals surface area contributed by atoms with Crippen LogP contribution in [-0.4, -0.2) is 36.4 Å². The second-order valence-corrected chi connectivity index (χ2v) is 8.18. The van der Waals surface area contributed by atoms with Crippen molar-refractivity contribution in [3.8, 4) is 0 Å². The van der Waals surface area contributed by atoms with Gasteiger partial charge in [-0.1, -0.05) is 25.0 Å². The number of nitrogens with zero attached hydrogens (tertiary/aromatic N) is 2. The molecule has 2 fully saturated rings. The number of aliphatic imine (C=N–C) groups is 1. The quantitative estimate of drug-likeness (QED) is 0.587. The van der Waals surface area contributed by atoms with Crippen molar-refractivity contribution in [2.75, 3.05) is 25.0 Å². The predicted molar refractivity (Wildman–Crippen MR) is 115 cm³/mol. The Morgan fingerprint density at radius 2 is 1.97 bits per heavy atom. The molecule has 1 aliphatic heterocycles. The van der Waals surface area contributed by atoms with Crippen LogP contribution in [0.15, 0.2) is 52.1 Å². The van der Waals surface area contributed by atoms with E-state index in [0.717, 1.165) is 36.8 Å². The molecule has 1 saturated heterocycles. The highest BCUT2D eigenvalue weighted by Crippen LogP contribution is 2.45. The summed E-state index contributed by atoms with van der Waals surface area (Å²) in [7, 11) is 0. The number of hydrogen-bond donors (Lipinski definition) is 2. The summed E-state index contributed by atoms with van der Waals surface area (Å²) in [5.74, 6) is 1.08. The molecule has 1 aliphatic carbocycles. The van der Waals surface area contributed by atoms with Crippen molar-refractivity contribution in [2.24, 2.45) is 10.4 Å². The topological polar surface area (TPSA) is 69.9 Å². The molecular formula is C23H30N4O2. The number of carbonyl (C=O) groups is 1. The molecule has 1 aromatic heterocycles. The van der Waals surface area contributed by atoms with Crippen molar-refractivity contribution >= 4 is 17.6 Å². The number of benzene rings is 1. The zero-order chi connectivity index (χ0) is 20.1. The molecule has 6 nitrogen and oxygen atoms in total. The van der Waals surface area contributed by atoms with Crippen molar-refractivity contribution in [3.63, 3.8) is 0 Å². The Bertz CT molecular complexity index is 836. The molecule has 0 radical (unpaired) electrons. The minimum Gasteiger partial charge on any atom is -0.459 e. The first-order valence-corrected chi connectivity index (χ1v) is 10.6. The third-order valence-electron chi connectivity index (χ3n) is 6.11. The molecule has 1 amide bonds. The van der Waals surface area contributed by atoms with Gasteiger partial charge in [-0.15, -0.1) is 0 Å². The maximum atomic E-state index is 12.1. The molecule has 2 N–H and O–H groups in total. The van der Waals surface area contributed by atoms with Crippen molar-refractivity contribution in [1.29, 1.82) is 0 Å². The Hall–Kier alpha value is -2.76. The first-order chi connectivity index (χ1) is 14.2. The molecule has 0 bridgehead atoms. The molecule has 2 aliphatic rings. The summed E-state index contributed by atoms with van der Waals surface area (Å²) in [5.41, 5.74) is 2.39. The van der Waals surface area contributed by atoms with Gasteiger partial charge < -0.3 is 20.0 Å². The molecular weight excluding hydrogens is 364 g/mol. The standard InChI is InChI=1S/C23H30N4O2/c1-2-24-22(27-14-13-23(17-27)11-3-4-12-23)25-16-18-7-9-19(10-8-18)26-21(28)20-6-5-15-29-20/h5-10,15H,2-4,11-14,16-17H2,1H3,(H,24,25)(H,26,28). The summed E-state index contributed by atoms with van der Waals surface area (Å²) in [6, 6.07) is 11.2. The summed E-state index contributed by atoms with van der Waals surface area (Å²) < 4.78 is 5.12. The lowest BCUT2D eigenvalue weighted by molar-refractivity contribution is 0.0996. The highest BCUT2D eigenvalue weighted by Gasteiger charge is 2.41. The lowest BCUT2D eigenvalue weighted by atomic mass is 9.86. The molecule has 1 spiro atoms. The normalized spacial score (nSPS) is 18.4. The van der Waals surface area contributed by atoms with Crippen molar-refractivity contribution < 1.29 is 9.21 Å². The van der Waals surface area contributed by atoms with Crippen LogP contribution in [0.4, 0.5) is 5.69 Å². The first kappa shape index (κ1) is 19.6. The van der Waals surface area contributed by atoms with E-state index in [4.69, 9.17) is 9.41 Å². The third-order valence-corrected chi connectivity index (χ3v) is 6.11. The summed E-state index contributed by atoms with van der Waals surface area (Å²) in [4.78, 5) is 19.4. The van der Waals surface area contributed by atoms with E-state index in [2.05, 4.69) is 22.5 Å². The zero-order valence-electron chi connectivity index (χ0n) is 17.1. The van der Waals surface area contributed by atoms with Gasteiger partial charge in [0.25, 0.3) is 5.91 Å². The van der Waals surface area contributed by atoms with Gasteiger partial charge in [0.1, 0.15) is 0 Å². The number of amides is 1. The van der Waals surface area contributed by atoms with Crippen LogP contribution < -0.4 is 10.6 Å². The van der Waals surface area contributed by atoms with Gasteiger partial charge in [-0.05, 0) is 61.4 Å². The molecule has 0 unspecified atom stereocenters. The molecule has 2 aromatic rings. The van der Waals surface area contributed by atoms with Gasteiger partial charge in [-0.25, -0.2) is 4.99 Å². The highest BCUT2D eigenvalue weighted by atomic mass is 16.3. The van der Waals surface area contributed by atoms with Crippen LogP contribution in [0.2, 0.25) is 0 Å². The maximum Gasteiger partial charge on any atom is 0.291 e. The van der Waals surface area contributed by atoms with Crippen LogP contribution in [0.3, 0.4) is 0 Å². The largest absolute Gasteiger partial charge is 0.459 e. The van der Waals surface area contributed by atoms with Gasteiger partial charge in [0.15, 0.2) is 11.7 Å². The van der Waals surface area contributed by atoms with Crippen LogP contribution in [0.5, 0.6) is 0 Å². The minimum absolute atomic E-state index is 0.245. The summed E-state index contributed by atoms with van der Waals surface area (Å²) in [5, 5.41) is 6.30. The first-order valence-electron chi connectivity index (χ1n) is 10.6. The Kier molecular flexibility index (Phi) is 5.88. The SMILES string of the molecule is CCNC(=NCc1ccc(NC(=O)c2ccco2)cc1)N1CCC2(CCCC2)C1. The van der Waals surface area contributed by atoms with Gasteiger partial charge in [0.05, 0.1) is 12.8 Å². The lowest BCUT2D eigenvalue weighted by Crippen LogP contribution is -2.41. The Labute approximate surface area is 172 Å². The number of guanidine groups is 1. The van der Waals surface area contributed by atoms with Gasteiger partial charge >= 0.3 is 0 Å². The number of anilines is 1. The molecule has 6 heteroatoms. The Morgan fingerprint density at radius 3 is 2.66 bits per heavy atom. The average molecular weight is 395 g/mol. The molecule has 1 aromatic carbocycles. The van der Waals surface area contributed by atoms with Gasteiger partial charge in [0.2, 0.25) is 0 Å². The van der Waals surface area contributed by atoms with E-state index in [1.807, 2.05) is 24.3 Å². The third kappa shape index (κ3) is 4.63. The van der Waals surface area contributed by atoms with Crippen molar-refractivity contribution in [3.05, 3.63) is 54.0 Å². The lowest BCUT2D eigenvalue weighted by Gasteiger charge is -2.26. The minimum atomic E-state index is -0.245. The van der Waals surface area contributed by atoms with Crippen LogP contribution in [0, 0.1) is 5.41 Å². The smallest absolute Gasteiger partial charge is 0.291 e. The number of rotatable bonds is 5. The van der Waals surface area contributed by atoms with E-state index < -0.39 is 0 Å². The second-order valence-electron chi connectivity index (χ2n) is 8.18. The zero-order valence-corrected chi connectivity index (χ0v) is 17.1. The number of carbonyl (C=O) groups excluding carboxylic acids is 1. The predicted octanol–water partition coefficient (Wildman–Crippen LogP) is 4.26. The fourth-order valence-electron chi connectivity index (χ4n) is 4.53. The van der Waals surface area contributed by atoms with E-state index in [9.17, 15) is 4.79 Å². The summed E-state index contributed by atoms with van der Waals surface area (Å²) in [6.07, 6.45) is 8.28. The van der Waals surface area contributed by atoms with Crippen molar-refractivity contribution in [1.82, 2.24) is 10.2 Å². The number of furan rings is 1. The van der Waals surface area contributed by atoms with Gasteiger partial charge in [0, 0.05) is 25.3 Å². The Morgan fingerprint density at radius 1 is 1.17 bits per heavy atom. The fraction of sp³-hybridized carbons (Fsp3) is 0.478. The van der Waals surface area contributed by atoms with Crippen LogP contribution in [-0.2, 0) is 6.54 Å². The van der Waals surface area contributed by atoms with Crippen LogP contribution >= 0.6 is 0 Å². The van der Waals surface area contributed by atoms with Gasteiger partial charge in [-0.2, -0.15) is 0 Å². The number of likely N-dealkylation sites (tertiary alicyclic amines) is 1. The highest BCUT2D eigenvalue weighted by molar-refractivity contribution is 6.02. The van der Waals surface area contributed by atoms with E-state index in [0.29, 0.717) is 17.7 Å². The van der Waals surface area contributed by atoms with Crippen LogP contribution in [0.25, 0.3) is 0 Å². The number of hydrogen-bond acceptors (Lipinski definition) is 3. The van der Waals surface area contributed by atoms with Crippen molar-refractivity contribution in [2.45, 2.75) is 45.6 Å². The molecule has 2 heterocycles. The molecule has 154 valence electrons. The van der Waals surface area contributed by atoms with E-state index in [-0.39, 0.29) is 5.91 Å². The number of nitrogens with one attached hydrogen (secondary N) is 2. The summed E-state index contributed by atoms with van der Waals surface area (Å²) in [6.45, 7) is 5.85. The second kappa shape index (κ2) is 8.72. The molecule has 0 atom stereocenters. The average Bonchev–Trinajstić information content (AvgIpc) is 3.50. The molecule has 4 rings (SSSR count). The van der Waals surface area contributed by atoms with E-state index in [1.54, 1.807) is 12.1 Å². The molecule has 29 heavy (non-hydrogen) atoms. The Balaban J connectivity index is 1.36. The fourth-order valence-corrected chi connectivity index (χ4v) is 4.53. The van der Waals surface area contributed by atoms with E-state index >= 15 is 0 Å². The summed E-state index contributed by atoms with van der Waals surface area (Å²) >= 11 is 0. The monoisotopic (exact) mass is 394 g/mol. The molecule has 1 saturated carbocycles.